The third kappa shape index (κ3) is 2.64. The molecule has 0 radical (unpaired) electrons. The van der Waals surface area contributed by atoms with E-state index in [9.17, 15) is 20.4 Å². The predicted molar refractivity (Wildman–Crippen MR) is 87.7 cm³/mol. The minimum Gasteiger partial charge on any atom is -0.549 e. The van der Waals surface area contributed by atoms with E-state index < -0.39 is 11.9 Å². The van der Waals surface area contributed by atoms with Gasteiger partial charge in [-0.3, -0.25) is 0 Å². The Hall–Kier alpha value is -3.78. The van der Waals surface area contributed by atoms with Crippen molar-refractivity contribution in [3.63, 3.8) is 0 Å². The van der Waals surface area contributed by atoms with E-state index in [1.165, 1.54) is 0 Å². The molecule has 1 aliphatic rings. The van der Waals surface area contributed by atoms with E-state index in [0.717, 1.165) is 0 Å². The second kappa shape index (κ2) is 6.61. The largest absolute Gasteiger partial charge is 0.549 e. The third-order valence-corrected chi connectivity index (χ3v) is 4.16. The average Bonchev–Trinajstić information content (AvgIpc) is 3.09. The Morgan fingerprint density at radius 1 is 1.31 bits per heavy atom. The fourth-order valence-electron chi connectivity index (χ4n) is 2.91. The number of carbonyl (C=O) groups is 1. The van der Waals surface area contributed by atoms with Crippen LogP contribution in [-0.4, -0.2) is 17.7 Å². The summed E-state index contributed by atoms with van der Waals surface area (Å²) in [7, 11) is 0. The van der Waals surface area contributed by atoms with Crippen LogP contribution in [-0.2, 0) is 4.79 Å². The molecule has 0 spiro atoms. The molecule has 0 saturated heterocycles. The van der Waals surface area contributed by atoms with E-state index in [2.05, 4.69) is 4.98 Å². The number of nitrogen functional groups attached to an aromatic ring is 1. The number of nitrogens with zero attached hydrogens (tertiary/aromatic N) is 3. The highest BCUT2D eigenvalue weighted by Crippen LogP contribution is 2.40. The number of benzene rings is 1. The van der Waals surface area contributed by atoms with Crippen molar-refractivity contribution in [2.45, 2.75) is 19.3 Å². The van der Waals surface area contributed by atoms with Crippen molar-refractivity contribution in [3.8, 4) is 34.8 Å². The van der Waals surface area contributed by atoms with E-state index in [0.29, 0.717) is 17.1 Å². The Morgan fingerprint density at radius 2 is 2.00 bits per heavy atom. The van der Waals surface area contributed by atoms with Gasteiger partial charge < -0.3 is 25.1 Å². The first-order chi connectivity index (χ1) is 12.5. The number of hydrogen-bond donors (Lipinski definition) is 1. The quantitative estimate of drug-likeness (QED) is 0.862. The van der Waals surface area contributed by atoms with E-state index in [-0.39, 0.29) is 41.4 Å². The molecule has 1 atom stereocenters. The van der Waals surface area contributed by atoms with Crippen LogP contribution in [0.1, 0.15) is 36.1 Å². The van der Waals surface area contributed by atoms with Gasteiger partial charge in [-0.25, -0.2) is 4.98 Å². The molecule has 0 saturated carbocycles. The molecule has 0 bridgehead atoms. The number of aliphatic carboxylic acids is 1. The number of pyridine rings is 1. The molecule has 1 aromatic carbocycles. The summed E-state index contributed by atoms with van der Waals surface area (Å²) in [5, 5.41) is 30.7. The Morgan fingerprint density at radius 3 is 2.62 bits per heavy atom. The highest BCUT2D eigenvalue weighted by molar-refractivity contribution is 5.85. The maximum atomic E-state index is 11.5. The molecule has 1 aliphatic heterocycles. The summed E-state index contributed by atoms with van der Waals surface area (Å²) in [6.45, 7) is 1.71. The maximum absolute atomic E-state index is 11.5. The summed E-state index contributed by atoms with van der Waals surface area (Å²) in [6.07, 6.45) is 0.163. The van der Waals surface area contributed by atoms with E-state index in [1.807, 2.05) is 12.1 Å². The number of fused-ring (bicyclic) bond motifs is 1. The number of rotatable bonds is 4. The lowest BCUT2D eigenvalue weighted by molar-refractivity contribution is -0.308. The van der Waals surface area contributed by atoms with Crippen LogP contribution < -0.4 is 20.3 Å². The zero-order valence-electron chi connectivity index (χ0n) is 13.8. The molecule has 2 aromatic rings. The highest BCUT2D eigenvalue weighted by atomic mass is 16.7. The molecule has 0 fully saturated rings. The van der Waals surface area contributed by atoms with Crippen molar-refractivity contribution in [3.05, 3.63) is 35.0 Å². The first kappa shape index (κ1) is 17.1. The van der Waals surface area contributed by atoms with Crippen molar-refractivity contribution in [1.29, 1.82) is 10.5 Å². The number of aromatic nitrogens is 1. The van der Waals surface area contributed by atoms with Crippen molar-refractivity contribution >= 4 is 11.8 Å². The SMILES string of the molecule is CCC(C(=O)[O-])c1nc(N)c(C#N)c(-c2ccc3c(c2)OCO3)c1C#N. The lowest BCUT2D eigenvalue weighted by atomic mass is 9.89. The molecule has 8 nitrogen and oxygen atoms in total. The van der Waals surface area contributed by atoms with Crippen LogP contribution >= 0.6 is 0 Å². The van der Waals surface area contributed by atoms with Gasteiger partial charge in [0.25, 0.3) is 0 Å². The molecular weight excluding hydrogens is 336 g/mol. The molecule has 2 N–H and O–H groups in total. The van der Waals surface area contributed by atoms with Gasteiger partial charge in [0.1, 0.15) is 23.5 Å². The number of nitrogens with two attached hydrogens (primary N) is 1. The Balaban J connectivity index is 2.33. The van der Waals surface area contributed by atoms with Crippen LogP contribution in [0.2, 0.25) is 0 Å². The highest BCUT2D eigenvalue weighted by Gasteiger charge is 2.26. The van der Waals surface area contributed by atoms with Crippen molar-refractivity contribution in [1.82, 2.24) is 4.98 Å². The van der Waals surface area contributed by atoms with Gasteiger partial charge in [0, 0.05) is 11.5 Å². The van der Waals surface area contributed by atoms with Gasteiger partial charge in [-0.05, 0) is 24.1 Å². The molecule has 1 aromatic heterocycles. The van der Waals surface area contributed by atoms with Crippen LogP contribution in [0.3, 0.4) is 0 Å². The van der Waals surface area contributed by atoms with Gasteiger partial charge in [-0.15, -0.1) is 0 Å². The number of ether oxygens (including phenoxy) is 2. The second-order valence-corrected chi connectivity index (χ2v) is 5.58. The van der Waals surface area contributed by atoms with Crippen molar-refractivity contribution < 1.29 is 19.4 Å². The first-order valence-corrected chi connectivity index (χ1v) is 7.76. The molecule has 0 amide bonds. The molecule has 26 heavy (non-hydrogen) atoms. The molecule has 2 heterocycles. The Kier molecular flexibility index (Phi) is 4.34. The van der Waals surface area contributed by atoms with E-state index in [1.54, 1.807) is 25.1 Å². The number of carboxylic acid groups (broad SMARTS) is 1. The number of nitriles is 2. The molecule has 8 heteroatoms. The van der Waals surface area contributed by atoms with Gasteiger partial charge >= 0.3 is 0 Å². The Bertz CT molecular complexity index is 988. The van der Waals surface area contributed by atoms with Crippen LogP contribution in [0.5, 0.6) is 11.5 Å². The van der Waals surface area contributed by atoms with Gasteiger partial charge in [0.05, 0.1) is 17.2 Å². The number of hydrogen-bond acceptors (Lipinski definition) is 8. The summed E-state index contributed by atoms with van der Waals surface area (Å²) < 4.78 is 10.6. The molecule has 3 rings (SSSR count). The van der Waals surface area contributed by atoms with Gasteiger partial charge in [-0.1, -0.05) is 13.0 Å². The maximum Gasteiger partial charge on any atom is 0.231 e. The van der Waals surface area contributed by atoms with E-state index in [4.69, 9.17) is 15.2 Å². The number of carbonyl (C=O) groups excluding carboxylic acids is 1. The normalized spacial score (nSPS) is 12.9. The summed E-state index contributed by atoms with van der Waals surface area (Å²) in [6, 6.07) is 8.82. The predicted octanol–water partition coefficient (Wildman–Crippen LogP) is 1.05. The van der Waals surface area contributed by atoms with Crippen LogP contribution in [0.15, 0.2) is 18.2 Å². The zero-order valence-corrected chi connectivity index (χ0v) is 13.8. The van der Waals surface area contributed by atoms with Crippen LogP contribution in [0.4, 0.5) is 5.82 Å². The topological polar surface area (TPSA) is 145 Å². The fourth-order valence-corrected chi connectivity index (χ4v) is 2.91. The fraction of sp³-hybridized carbons (Fsp3) is 0.222. The van der Waals surface area contributed by atoms with Gasteiger partial charge in [-0.2, -0.15) is 10.5 Å². The Labute approximate surface area is 149 Å². The standard InChI is InChI=1S/C18H14N4O4/c1-2-10(18(23)24)16-11(6-19)15(12(7-20)17(21)22-16)9-3-4-13-14(5-9)26-8-25-13/h3-5,10H,2,8H2,1H3,(H2,21,22)(H,23,24)/p-1. The van der Waals surface area contributed by atoms with E-state index >= 15 is 0 Å². The van der Waals surface area contributed by atoms with Gasteiger partial charge in [0.2, 0.25) is 6.79 Å². The minimum atomic E-state index is -1.36. The second-order valence-electron chi connectivity index (χ2n) is 5.58. The molecule has 0 aliphatic carbocycles. The third-order valence-electron chi connectivity index (χ3n) is 4.16. The summed E-state index contributed by atoms with van der Waals surface area (Å²) in [5.41, 5.74) is 6.54. The number of carboxylic acids is 1. The van der Waals surface area contributed by atoms with Gasteiger partial charge in [0.15, 0.2) is 11.5 Å². The summed E-state index contributed by atoms with van der Waals surface area (Å²) >= 11 is 0. The average molecular weight is 349 g/mol. The zero-order chi connectivity index (χ0) is 18.8. The van der Waals surface area contributed by atoms with Crippen LogP contribution in [0, 0.1) is 22.7 Å². The minimum absolute atomic E-state index is 0.00244. The van der Waals surface area contributed by atoms with Crippen molar-refractivity contribution in [2.24, 2.45) is 0 Å². The smallest absolute Gasteiger partial charge is 0.231 e. The summed E-state index contributed by atoms with van der Waals surface area (Å²) in [5.74, 6) is -1.63. The molecule has 130 valence electrons. The molecule has 1 unspecified atom stereocenters. The monoisotopic (exact) mass is 349 g/mol. The lowest BCUT2D eigenvalue weighted by Crippen LogP contribution is -2.31. The first-order valence-electron chi connectivity index (χ1n) is 7.76. The van der Waals surface area contributed by atoms with Crippen molar-refractivity contribution in [2.75, 3.05) is 12.5 Å². The lowest BCUT2D eigenvalue weighted by Gasteiger charge is -2.20. The van der Waals surface area contributed by atoms with Crippen LogP contribution in [0.25, 0.3) is 11.1 Å². The number of anilines is 1. The summed E-state index contributed by atoms with van der Waals surface area (Å²) in [4.78, 5) is 15.5. The molecular formula is C18H13N4O4-.